The Kier molecular flexibility index (Phi) is 3.73. The normalized spacial score (nSPS) is 9.47. The number of hydrogen-bond donors (Lipinski definition) is 2. The molecule has 0 radical (unpaired) electrons. The van der Waals surface area contributed by atoms with Crippen LogP contribution in [0.5, 0.6) is 0 Å². The van der Waals surface area contributed by atoms with Crippen molar-refractivity contribution in [1.82, 2.24) is 5.32 Å². The first-order chi connectivity index (χ1) is 7.15. The average molecular weight is 214 g/mol. The molecule has 2 N–H and O–H groups in total. The van der Waals surface area contributed by atoms with Gasteiger partial charge >= 0.3 is 0 Å². The molecule has 1 aromatic carbocycles. The molecule has 1 rings (SSSR count). The Hall–Kier alpha value is -1.98. The van der Waals surface area contributed by atoms with Crippen LogP contribution in [0, 0.1) is 11.6 Å². The second-order valence-electron chi connectivity index (χ2n) is 2.64. The molecule has 0 aromatic heterocycles. The van der Waals surface area contributed by atoms with Crippen LogP contribution in [0.2, 0.25) is 0 Å². The molecule has 0 aliphatic heterocycles. The fourth-order valence-electron chi connectivity index (χ4n) is 0.935. The van der Waals surface area contributed by atoms with Gasteiger partial charge < -0.3 is 10.6 Å². The van der Waals surface area contributed by atoms with Crippen LogP contribution in [-0.4, -0.2) is 18.9 Å². The maximum atomic E-state index is 13.0. The van der Waals surface area contributed by atoms with Crippen molar-refractivity contribution in [3.8, 4) is 0 Å². The molecule has 0 heterocycles. The molecule has 1 aromatic rings. The molecule has 80 valence electrons. The van der Waals surface area contributed by atoms with Crippen LogP contribution in [0.3, 0.4) is 0 Å². The van der Waals surface area contributed by atoms with Crippen LogP contribution in [0.4, 0.5) is 14.5 Å². The minimum atomic E-state index is -0.866. The molecule has 0 spiro atoms. The number of hydrogen-bond acceptors (Lipinski definition) is 2. The topological polar surface area (TPSA) is 58.2 Å². The van der Waals surface area contributed by atoms with E-state index in [1.54, 1.807) is 0 Å². The van der Waals surface area contributed by atoms with E-state index in [-0.39, 0.29) is 6.54 Å². The maximum Gasteiger partial charge on any atom is 0.243 e. The van der Waals surface area contributed by atoms with E-state index < -0.39 is 23.2 Å². The summed E-state index contributed by atoms with van der Waals surface area (Å²) in [6.45, 7) is -0.336. The smallest absolute Gasteiger partial charge is 0.243 e. The van der Waals surface area contributed by atoms with Crippen LogP contribution < -0.4 is 10.6 Å². The summed E-state index contributed by atoms with van der Waals surface area (Å²) in [7, 11) is 0. The lowest BCUT2D eigenvalue weighted by molar-refractivity contribution is -0.118. The first kappa shape index (κ1) is 11.1. The van der Waals surface area contributed by atoms with E-state index in [4.69, 9.17) is 0 Å². The van der Waals surface area contributed by atoms with Crippen molar-refractivity contribution in [1.29, 1.82) is 0 Å². The van der Waals surface area contributed by atoms with Gasteiger partial charge in [0.05, 0.1) is 6.54 Å². The van der Waals surface area contributed by atoms with E-state index in [9.17, 15) is 18.4 Å². The van der Waals surface area contributed by atoms with Gasteiger partial charge in [-0.15, -0.1) is 0 Å². The van der Waals surface area contributed by atoms with Gasteiger partial charge in [0, 0.05) is 0 Å². The van der Waals surface area contributed by atoms with Crippen molar-refractivity contribution in [2.24, 2.45) is 0 Å². The molecule has 0 aliphatic rings. The van der Waals surface area contributed by atoms with Gasteiger partial charge in [-0.05, 0) is 12.1 Å². The van der Waals surface area contributed by atoms with E-state index in [1.165, 1.54) is 6.07 Å². The summed E-state index contributed by atoms with van der Waals surface area (Å²) < 4.78 is 26.0. The lowest BCUT2D eigenvalue weighted by atomic mass is 10.3. The second-order valence-corrected chi connectivity index (χ2v) is 2.64. The fourth-order valence-corrected chi connectivity index (χ4v) is 0.935. The summed E-state index contributed by atoms with van der Waals surface area (Å²) in [4.78, 5) is 20.9. The summed E-state index contributed by atoms with van der Waals surface area (Å²) in [5.74, 6) is -2.44. The van der Waals surface area contributed by atoms with Crippen LogP contribution in [0.1, 0.15) is 0 Å². The molecule has 0 saturated heterocycles. The number of halogens is 2. The minimum absolute atomic E-state index is 0.317. The first-order valence-electron chi connectivity index (χ1n) is 4.06. The highest BCUT2D eigenvalue weighted by Gasteiger charge is 2.10. The number of benzene rings is 1. The molecule has 0 atom stereocenters. The van der Waals surface area contributed by atoms with Gasteiger partial charge in [0.2, 0.25) is 12.3 Å². The van der Waals surface area contributed by atoms with E-state index in [0.717, 1.165) is 12.1 Å². The Morgan fingerprint density at radius 3 is 2.47 bits per heavy atom. The molecule has 6 heteroatoms. The van der Waals surface area contributed by atoms with Gasteiger partial charge in [0.15, 0.2) is 0 Å². The van der Waals surface area contributed by atoms with Crippen molar-refractivity contribution in [3.63, 3.8) is 0 Å². The predicted octanol–water partition coefficient (Wildman–Crippen LogP) is 0.649. The molecule has 2 amide bonds. The standard InChI is InChI=1S/C9H8F2N2O2/c10-6-2-1-3-7(11)9(6)13-8(15)4-12-5-14/h1-3,5H,4H2,(H,12,14)(H,13,15). The molecule has 0 fully saturated rings. The van der Waals surface area contributed by atoms with Gasteiger partial charge in [-0.25, -0.2) is 8.78 Å². The molecule has 0 saturated carbocycles. The summed E-state index contributed by atoms with van der Waals surface area (Å²) in [5, 5.41) is 4.07. The van der Waals surface area contributed by atoms with Crippen LogP contribution in [0.15, 0.2) is 18.2 Å². The molecule has 0 bridgehead atoms. The maximum absolute atomic E-state index is 13.0. The van der Waals surface area contributed by atoms with Crippen molar-refractivity contribution in [2.75, 3.05) is 11.9 Å². The quantitative estimate of drug-likeness (QED) is 0.723. The Morgan fingerprint density at radius 2 is 1.93 bits per heavy atom. The zero-order valence-corrected chi connectivity index (χ0v) is 7.59. The molecular weight excluding hydrogens is 206 g/mol. The highest BCUT2D eigenvalue weighted by molar-refractivity contribution is 5.93. The monoisotopic (exact) mass is 214 g/mol. The summed E-state index contributed by atoms with van der Waals surface area (Å²) in [5.41, 5.74) is -0.518. The van der Waals surface area contributed by atoms with E-state index in [2.05, 4.69) is 5.32 Å². The Balaban J connectivity index is 2.71. The Labute approximate surface area is 84.3 Å². The number of rotatable bonds is 4. The number of carbonyl (C=O) groups excluding carboxylic acids is 2. The Bertz CT molecular complexity index is 362. The Morgan fingerprint density at radius 1 is 1.33 bits per heavy atom. The van der Waals surface area contributed by atoms with Crippen molar-refractivity contribution in [2.45, 2.75) is 0 Å². The third-order valence-electron chi connectivity index (χ3n) is 1.57. The van der Waals surface area contributed by atoms with Gasteiger partial charge in [-0.2, -0.15) is 0 Å². The SMILES string of the molecule is O=CNCC(=O)Nc1c(F)cccc1F. The summed E-state index contributed by atoms with van der Waals surface area (Å²) >= 11 is 0. The van der Waals surface area contributed by atoms with Crippen LogP contribution in [-0.2, 0) is 9.59 Å². The van der Waals surface area contributed by atoms with Crippen molar-refractivity contribution >= 4 is 18.0 Å². The average Bonchev–Trinajstić information content (AvgIpc) is 2.21. The largest absolute Gasteiger partial charge is 0.350 e. The number of amides is 2. The van der Waals surface area contributed by atoms with Gasteiger partial charge in [-0.3, -0.25) is 9.59 Å². The first-order valence-corrected chi connectivity index (χ1v) is 4.06. The zero-order chi connectivity index (χ0) is 11.3. The predicted molar refractivity (Wildman–Crippen MR) is 49.1 cm³/mol. The third kappa shape index (κ3) is 3.01. The second kappa shape index (κ2) is 5.04. The highest BCUT2D eigenvalue weighted by atomic mass is 19.1. The molecule has 4 nitrogen and oxygen atoms in total. The van der Waals surface area contributed by atoms with Crippen LogP contribution in [0.25, 0.3) is 0 Å². The number of anilines is 1. The van der Waals surface area contributed by atoms with E-state index in [1.807, 2.05) is 5.32 Å². The van der Waals surface area contributed by atoms with Crippen LogP contribution >= 0.6 is 0 Å². The lowest BCUT2D eigenvalue weighted by Gasteiger charge is -2.06. The number of para-hydroxylation sites is 1. The third-order valence-corrected chi connectivity index (χ3v) is 1.57. The van der Waals surface area contributed by atoms with Crippen molar-refractivity contribution < 1.29 is 18.4 Å². The van der Waals surface area contributed by atoms with Gasteiger partial charge in [0.1, 0.15) is 17.3 Å². The van der Waals surface area contributed by atoms with Crippen molar-refractivity contribution in [3.05, 3.63) is 29.8 Å². The summed E-state index contributed by atoms with van der Waals surface area (Å²) in [6.07, 6.45) is 0.317. The molecule has 0 unspecified atom stereocenters. The zero-order valence-electron chi connectivity index (χ0n) is 7.59. The fraction of sp³-hybridized carbons (Fsp3) is 0.111. The lowest BCUT2D eigenvalue weighted by Crippen LogP contribution is -2.27. The molecular formula is C9H8F2N2O2. The van der Waals surface area contributed by atoms with Gasteiger partial charge in [0.25, 0.3) is 0 Å². The minimum Gasteiger partial charge on any atom is -0.350 e. The molecule has 0 aliphatic carbocycles. The van der Waals surface area contributed by atoms with E-state index >= 15 is 0 Å². The van der Waals surface area contributed by atoms with Gasteiger partial charge in [-0.1, -0.05) is 6.07 Å². The number of nitrogens with one attached hydrogen (secondary N) is 2. The highest BCUT2D eigenvalue weighted by Crippen LogP contribution is 2.17. The number of carbonyl (C=O) groups is 2. The summed E-state index contributed by atoms with van der Waals surface area (Å²) in [6, 6.07) is 3.22. The molecule has 15 heavy (non-hydrogen) atoms. The van der Waals surface area contributed by atoms with E-state index in [0.29, 0.717) is 6.41 Å².